The zero-order chi connectivity index (χ0) is 8.69. The molecule has 1 unspecified atom stereocenters. The van der Waals surface area contributed by atoms with Crippen LogP contribution in [0.3, 0.4) is 0 Å². The van der Waals surface area contributed by atoms with Crippen LogP contribution in [0.25, 0.3) is 0 Å². The van der Waals surface area contributed by atoms with Crippen LogP contribution in [-0.2, 0) is 0 Å². The van der Waals surface area contributed by atoms with Crippen LogP contribution < -0.4 is 11.1 Å². The highest BCUT2D eigenvalue weighted by atomic mass is 15.1. The third-order valence-corrected chi connectivity index (χ3v) is 1.51. The van der Waals surface area contributed by atoms with E-state index in [0.29, 0.717) is 6.04 Å². The van der Waals surface area contributed by atoms with Crippen LogP contribution in [0.4, 0.5) is 0 Å². The Labute approximate surface area is 69.9 Å². The van der Waals surface area contributed by atoms with Crippen molar-refractivity contribution in [1.82, 2.24) is 10.2 Å². The predicted octanol–water partition coefficient (Wildman–Crippen LogP) is -0.125. The summed E-state index contributed by atoms with van der Waals surface area (Å²) < 4.78 is 0. The molecular formula is C8H21N3. The fraction of sp³-hybridized carbons (Fsp3) is 1.00. The molecule has 0 aliphatic heterocycles. The van der Waals surface area contributed by atoms with Crippen molar-refractivity contribution in [2.24, 2.45) is 5.73 Å². The van der Waals surface area contributed by atoms with E-state index in [4.69, 9.17) is 5.73 Å². The monoisotopic (exact) mass is 159 g/mol. The summed E-state index contributed by atoms with van der Waals surface area (Å²) in [5.41, 5.74) is 5.37. The van der Waals surface area contributed by atoms with Crippen LogP contribution in [0.15, 0.2) is 0 Å². The highest BCUT2D eigenvalue weighted by Crippen LogP contribution is 1.84. The third-order valence-electron chi connectivity index (χ3n) is 1.51. The normalized spacial score (nSPS) is 13.9. The average molecular weight is 159 g/mol. The highest BCUT2D eigenvalue weighted by Gasteiger charge is 2.00. The lowest BCUT2D eigenvalue weighted by molar-refractivity contribution is 0.350. The van der Waals surface area contributed by atoms with E-state index in [9.17, 15) is 0 Å². The number of nitrogens with two attached hydrogens (primary N) is 1. The first-order valence-corrected chi connectivity index (χ1v) is 4.25. The van der Waals surface area contributed by atoms with Gasteiger partial charge in [-0.25, -0.2) is 0 Å². The lowest BCUT2D eigenvalue weighted by atomic mass is 10.3. The smallest absolute Gasteiger partial charge is 0.0166 e. The molecule has 0 saturated heterocycles. The van der Waals surface area contributed by atoms with E-state index >= 15 is 0 Å². The topological polar surface area (TPSA) is 41.3 Å². The van der Waals surface area contributed by atoms with Gasteiger partial charge in [-0.1, -0.05) is 0 Å². The van der Waals surface area contributed by atoms with Gasteiger partial charge in [0.05, 0.1) is 0 Å². The number of rotatable bonds is 6. The second-order valence-electron chi connectivity index (χ2n) is 3.26. The maximum absolute atomic E-state index is 5.37. The molecule has 0 fully saturated rings. The Hall–Kier alpha value is -0.120. The first-order valence-electron chi connectivity index (χ1n) is 4.25. The molecule has 0 heterocycles. The summed E-state index contributed by atoms with van der Waals surface area (Å²) >= 11 is 0. The summed E-state index contributed by atoms with van der Waals surface area (Å²) in [5.74, 6) is 0. The number of nitrogens with one attached hydrogen (secondary N) is 1. The van der Waals surface area contributed by atoms with Gasteiger partial charge < -0.3 is 16.0 Å². The molecule has 3 heteroatoms. The molecule has 11 heavy (non-hydrogen) atoms. The third kappa shape index (κ3) is 7.78. The Balaban J connectivity index is 3.15. The molecule has 0 aliphatic rings. The Morgan fingerprint density at radius 2 is 2.09 bits per heavy atom. The van der Waals surface area contributed by atoms with Gasteiger partial charge >= 0.3 is 0 Å². The largest absolute Gasteiger partial charge is 0.330 e. The van der Waals surface area contributed by atoms with Crippen LogP contribution in [0, 0.1) is 0 Å². The number of nitrogens with zero attached hydrogens (tertiary/aromatic N) is 1. The predicted molar refractivity (Wildman–Crippen MR) is 49.7 cm³/mol. The summed E-state index contributed by atoms with van der Waals surface area (Å²) in [6.07, 6.45) is 1.07. The minimum atomic E-state index is 0.566. The van der Waals surface area contributed by atoms with Crippen molar-refractivity contribution in [2.45, 2.75) is 19.4 Å². The van der Waals surface area contributed by atoms with E-state index in [1.807, 2.05) is 0 Å². The van der Waals surface area contributed by atoms with Crippen molar-refractivity contribution in [2.75, 3.05) is 33.7 Å². The van der Waals surface area contributed by atoms with Gasteiger partial charge in [0.15, 0.2) is 0 Å². The molecule has 3 nitrogen and oxygen atoms in total. The van der Waals surface area contributed by atoms with E-state index in [0.717, 1.165) is 26.1 Å². The van der Waals surface area contributed by atoms with Crippen LogP contribution in [0.2, 0.25) is 0 Å². The van der Waals surface area contributed by atoms with Crippen molar-refractivity contribution < 1.29 is 0 Å². The van der Waals surface area contributed by atoms with Crippen molar-refractivity contribution in [3.8, 4) is 0 Å². The summed E-state index contributed by atoms with van der Waals surface area (Å²) in [4.78, 5) is 2.18. The minimum Gasteiger partial charge on any atom is -0.330 e. The molecule has 0 amide bonds. The van der Waals surface area contributed by atoms with Crippen LogP contribution in [0.5, 0.6) is 0 Å². The molecule has 0 aromatic rings. The van der Waals surface area contributed by atoms with Gasteiger partial charge in [-0.05, 0) is 40.5 Å². The maximum Gasteiger partial charge on any atom is 0.0166 e. The van der Waals surface area contributed by atoms with Gasteiger partial charge in [0.25, 0.3) is 0 Å². The van der Waals surface area contributed by atoms with Crippen LogP contribution in [-0.4, -0.2) is 44.7 Å². The summed E-state index contributed by atoms with van der Waals surface area (Å²) in [5, 5.41) is 3.39. The molecule has 0 aromatic heterocycles. The van der Waals surface area contributed by atoms with Gasteiger partial charge in [0, 0.05) is 12.6 Å². The van der Waals surface area contributed by atoms with Crippen molar-refractivity contribution in [3.63, 3.8) is 0 Å². The molecule has 0 radical (unpaired) electrons. The number of hydrogen-bond acceptors (Lipinski definition) is 3. The average Bonchev–Trinajstić information content (AvgIpc) is 1.86. The van der Waals surface area contributed by atoms with E-state index in [1.165, 1.54) is 0 Å². The van der Waals surface area contributed by atoms with Gasteiger partial charge in [-0.15, -0.1) is 0 Å². The van der Waals surface area contributed by atoms with Gasteiger partial charge in [0.1, 0.15) is 0 Å². The molecule has 0 rings (SSSR count). The maximum atomic E-state index is 5.37. The molecular weight excluding hydrogens is 138 g/mol. The molecule has 0 spiro atoms. The summed E-state index contributed by atoms with van der Waals surface area (Å²) in [7, 11) is 4.17. The van der Waals surface area contributed by atoms with Crippen LogP contribution >= 0.6 is 0 Å². The van der Waals surface area contributed by atoms with Gasteiger partial charge in [-0.2, -0.15) is 0 Å². The lowest BCUT2D eigenvalue weighted by Gasteiger charge is -2.17. The summed E-state index contributed by atoms with van der Waals surface area (Å²) in [6.45, 7) is 5.09. The molecule has 0 bridgehead atoms. The quantitative estimate of drug-likeness (QED) is 0.531. The lowest BCUT2D eigenvalue weighted by Crippen LogP contribution is -2.36. The standard InChI is InChI=1S/C8H21N3/c1-8(7-11(2)3)10-6-4-5-9/h8,10H,4-7,9H2,1-3H3. The molecule has 68 valence electrons. The van der Waals surface area contributed by atoms with Gasteiger partial charge in [-0.3, -0.25) is 0 Å². The van der Waals surface area contributed by atoms with E-state index < -0.39 is 0 Å². The van der Waals surface area contributed by atoms with Crippen molar-refractivity contribution >= 4 is 0 Å². The van der Waals surface area contributed by atoms with E-state index in [2.05, 4.69) is 31.2 Å². The second kappa shape index (κ2) is 6.58. The Morgan fingerprint density at radius 1 is 1.45 bits per heavy atom. The first-order chi connectivity index (χ1) is 5.16. The molecule has 0 aromatic carbocycles. The minimum absolute atomic E-state index is 0.566. The fourth-order valence-electron chi connectivity index (χ4n) is 1.06. The highest BCUT2D eigenvalue weighted by molar-refractivity contribution is 4.62. The molecule has 0 aliphatic carbocycles. The first kappa shape index (κ1) is 10.9. The Kier molecular flexibility index (Phi) is 6.51. The van der Waals surface area contributed by atoms with Crippen molar-refractivity contribution in [1.29, 1.82) is 0 Å². The second-order valence-corrected chi connectivity index (χ2v) is 3.26. The van der Waals surface area contributed by atoms with Crippen molar-refractivity contribution in [3.05, 3.63) is 0 Å². The van der Waals surface area contributed by atoms with E-state index in [1.54, 1.807) is 0 Å². The van der Waals surface area contributed by atoms with E-state index in [-0.39, 0.29) is 0 Å². The van der Waals surface area contributed by atoms with Gasteiger partial charge in [0.2, 0.25) is 0 Å². The SMILES string of the molecule is CC(CN(C)C)NCCCN. The Morgan fingerprint density at radius 3 is 2.55 bits per heavy atom. The number of hydrogen-bond donors (Lipinski definition) is 2. The zero-order valence-corrected chi connectivity index (χ0v) is 7.93. The molecule has 3 N–H and O–H groups in total. The fourth-order valence-corrected chi connectivity index (χ4v) is 1.06. The molecule has 0 saturated carbocycles. The van der Waals surface area contributed by atoms with Crippen LogP contribution in [0.1, 0.15) is 13.3 Å². The summed E-state index contributed by atoms with van der Waals surface area (Å²) in [6, 6.07) is 0.566. The Bertz CT molecular complexity index is 83.4. The molecule has 1 atom stereocenters. The zero-order valence-electron chi connectivity index (χ0n) is 7.93. The number of likely N-dealkylation sites (N-methyl/N-ethyl adjacent to an activating group) is 1.